The zero-order chi connectivity index (χ0) is 9.52. The van der Waals surface area contributed by atoms with Crippen molar-refractivity contribution < 1.29 is 4.74 Å². The first-order chi connectivity index (χ1) is 6.33. The summed E-state index contributed by atoms with van der Waals surface area (Å²) >= 11 is 5.64. The summed E-state index contributed by atoms with van der Waals surface area (Å²) in [5, 5.41) is 0. The molecule has 0 amide bonds. The van der Waals surface area contributed by atoms with Crippen LogP contribution in [0.15, 0.2) is 0 Å². The minimum Gasteiger partial charge on any atom is -0.379 e. The van der Waals surface area contributed by atoms with Gasteiger partial charge in [0.2, 0.25) is 0 Å². The van der Waals surface area contributed by atoms with E-state index in [0.717, 1.165) is 51.8 Å². The molecule has 1 fully saturated rings. The molecule has 13 heavy (non-hydrogen) atoms. The van der Waals surface area contributed by atoms with Crippen LogP contribution in [0.1, 0.15) is 0 Å². The first-order valence-corrected chi connectivity index (χ1v) is 5.41. The maximum absolute atomic E-state index is 5.64. The van der Waals surface area contributed by atoms with Gasteiger partial charge in [-0.1, -0.05) is 0 Å². The molecule has 1 aliphatic heterocycles. The average Bonchev–Trinajstić information content (AvgIpc) is 2.17. The van der Waals surface area contributed by atoms with Crippen molar-refractivity contribution in [2.24, 2.45) is 0 Å². The fourth-order valence-electron chi connectivity index (χ4n) is 1.39. The zero-order valence-electron chi connectivity index (χ0n) is 8.34. The molecule has 0 N–H and O–H groups in total. The summed E-state index contributed by atoms with van der Waals surface area (Å²) in [5.74, 6) is 0.722. The highest BCUT2D eigenvalue weighted by molar-refractivity contribution is 6.18. The van der Waals surface area contributed by atoms with Crippen LogP contribution in [0.2, 0.25) is 0 Å². The van der Waals surface area contributed by atoms with E-state index in [-0.39, 0.29) is 0 Å². The molecule has 0 radical (unpaired) electrons. The molecule has 1 heterocycles. The van der Waals surface area contributed by atoms with Gasteiger partial charge in [-0.05, 0) is 7.05 Å². The first kappa shape index (κ1) is 11.2. The molecule has 0 unspecified atom stereocenters. The van der Waals surface area contributed by atoms with E-state index < -0.39 is 0 Å². The number of halogens is 1. The molecule has 0 aromatic rings. The Kier molecular flexibility index (Phi) is 5.71. The summed E-state index contributed by atoms with van der Waals surface area (Å²) in [4.78, 5) is 4.71. The zero-order valence-corrected chi connectivity index (χ0v) is 9.09. The Balaban J connectivity index is 2.03. The highest BCUT2D eigenvalue weighted by Gasteiger charge is 2.10. The summed E-state index contributed by atoms with van der Waals surface area (Å²) in [5.41, 5.74) is 0. The van der Waals surface area contributed by atoms with Crippen molar-refractivity contribution in [1.82, 2.24) is 9.80 Å². The second-order valence-electron chi connectivity index (χ2n) is 3.45. The van der Waals surface area contributed by atoms with Crippen molar-refractivity contribution in [2.75, 3.05) is 58.9 Å². The Morgan fingerprint density at radius 3 is 2.62 bits per heavy atom. The lowest BCUT2D eigenvalue weighted by molar-refractivity contribution is 0.0347. The molecule has 0 aromatic heterocycles. The number of rotatable bonds is 5. The van der Waals surface area contributed by atoms with Crippen molar-refractivity contribution in [1.29, 1.82) is 0 Å². The van der Waals surface area contributed by atoms with Crippen LogP contribution < -0.4 is 0 Å². The van der Waals surface area contributed by atoms with E-state index in [9.17, 15) is 0 Å². The van der Waals surface area contributed by atoms with E-state index in [2.05, 4.69) is 16.8 Å². The van der Waals surface area contributed by atoms with Crippen molar-refractivity contribution in [3.63, 3.8) is 0 Å². The molecule has 1 saturated heterocycles. The number of alkyl halides is 1. The van der Waals surface area contributed by atoms with Gasteiger partial charge in [-0.2, -0.15) is 0 Å². The Hall–Kier alpha value is 0.170. The molecular formula is C9H19ClN2O. The average molecular weight is 207 g/mol. The number of hydrogen-bond acceptors (Lipinski definition) is 3. The van der Waals surface area contributed by atoms with E-state index in [1.54, 1.807) is 0 Å². The van der Waals surface area contributed by atoms with Gasteiger partial charge >= 0.3 is 0 Å². The first-order valence-electron chi connectivity index (χ1n) is 4.87. The molecule has 4 heteroatoms. The minimum atomic E-state index is 0.722. The van der Waals surface area contributed by atoms with Crippen LogP contribution in [0.25, 0.3) is 0 Å². The molecule has 0 saturated carbocycles. The van der Waals surface area contributed by atoms with Crippen LogP contribution in [0.5, 0.6) is 0 Å². The smallest absolute Gasteiger partial charge is 0.0594 e. The normalized spacial score (nSPS) is 19.6. The maximum atomic E-state index is 5.64. The molecule has 1 rings (SSSR count). The van der Waals surface area contributed by atoms with Gasteiger partial charge in [-0.15, -0.1) is 11.6 Å². The minimum absolute atomic E-state index is 0.722. The Labute approximate surface area is 85.6 Å². The largest absolute Gasteiger partial charge is 0.379 e. The van der Waals surface area contributed by atoms with E-state index in [1.807, 2.05) is 0 Å². The van der Waals surface area contributed by atoms with Crippen LogP contribution in [-0.4, -0.2) is 68.7 Å². The molecule has 1 aliphatic rings. The monoisotopic (exact) mass is 206 g/mol. The van der Waals surface area contributed by atoms with Gasteiger partial charge in [0.1, 0.15) is 0 Å². The molecule has 0 aromatic carbocycles. The summed E-state index contributed by atoms with van der Waals surface area (Å²) in [6, 6.07) is 0. The van der Waals surface area contributed by atoms with Gasteiger partial charge in [0.05, 0.1) is 13.2 Å². The van der Waals surface area contributed by atoms with Crippen LogP contribution in [-0.2, 0) is 4.74 Å². The quantitative estimate of drug-likeness (QED) is 0.609. The molecular weight excluding hydrogens is 188 g/mol. The van der Waals surface area contributed by atoms with Crippen LogP contribution in [0.3, 0.4) is 0 Å². The van der Waals surface area contributed by atoms with Gasteiger partial charge in [0.15, 0.2) is 0 Å². The van der Waals surface area contributed by atoms with Crippen molar-refractivity contribution >= 4 is 11.6 Å². The molecule has 0 aliphatic carbocycles. The second-order valence-corrected chi connectivity index (χ2v) is 3.82. The fourth-order valence-corrected chi connectivity index (χ4v) is 1.68. The molecule has 0 bridgehead atoms. The number of ether oxygens (including phenoxy) is 1. The standard InChI is InChI=1S/C9H19ClN2O/c1-11(3-2-10)4-5-12-6-8-13-9-7-12/h2-9H2,1H3. The molecule has 78 valence electrons. The number of hydrogen-bond donors (Lipinski definition) is 0. The number of likely N-dealkylation sites (N-methyl/N-ethyl adjacent to an activating group) is 1. The third-order valence-electron chi connectivity index (χ3n) is 2.37. The van der Waals surface area contributed by atoms with Crippen molar-refractivity contribution in [3.8, 4) is 0 Å². The van der Waals surface area contributed by atoms with E-state index in [1.165, 1.54) is 0 Å². The molecule has 3 nitrogen and oxygen atoms in total. The maximum Gasteiger partial charge on any atom is 0.0594 e. The number of nitrogens with zero attached hydrogens (tertiary/aromatic N) is 2. The molecule has 0 atom stereocenters. The van der Waals surface area contributed by atoms with E-state index in [4.69, 9.17) is 16.3 Å². The van der Waals surface area contributed by atoms with E-state index >= 15 is 0 Å². The van der Waals surface area contributed by atoms with Crippen LogP contribution in [0.4, 0.5) is 0 Å². The summed E-state index contributed by atoms with van der Waals surface area (Å²) in [7, 11) is 2.11. The Bertz CT molecular complexity index is 129. The second kappa shape index (κ2) is 6.60. The number of morpholine rings is 1. The molecule has 0 spiro atoms. The van der Waals surface area contributed by atoms with Gasteiger partial charge in [-0.25, -0.2) is 0 Å². The summed E-state index contributed by atoms with van der Waals surface area (Å²) < 4.78 is 5.28. The lowest BCUT2D eigenvalue weighted by Gasteiger charge is -2.28. The van der Waals surface area contributed by atoms with Gasteiger partial charge in [-0.3, -0.25) is 4.90 Å². The Morgan fingerprint density at radius 2 is 2.00 bits per heavy atom. The highest BCUT2D eigenvalue weighted by atomic mass is 35.5. The van der Waals surface area contributed by atoms with Crippen LogP contribution >= 0.6 is 11.6 Å². The van der Waals surface area contributed by atoms with Gasteiger partial charge in [0.25, 0.3) is 0 Å². The van der Waals surface area contributed by atoms with E-state index in [0.29, 0.717) is 0 Å². The van der Waals surface area contributed by atoms with Crippen molar-refractivity contribution in [2.45, 2.75) is 0 Å². The van der Waals surface area contributed by atoms with Gasteiger partial charge in [0, 0.05) is 38.6 Å². The highest BCUT2D eigenvalue weighted by Crippen LogP contribution is 1.96. The summed E-state index contributed by atoms with van der Waals surface area (Å²) in [6.07, 6.45) is 0. The SMILES string of the molecule is CN(CCCl)CCN1CCOCC1. The third-order valence-corrected chi connectivity index (χ3v) is 2.54. The predicted molar refractivity (Wildman–Crippen MR) is 55.5 cm³/mol. The lowest BCUT2D eigenvalue weighted by Crippen LogP contribution is -2.40. The topological polar surface area (TPSA) is 15.7 Å². The fraction of sp³-hybridized carbons (Fsp3) is 1.00. The third kappa shape index (κ3) is 4.81. The van der Waals surface area contributed by atoms with Crippen LogP contribution in [0, 0.1) is 0 Å². The van der Waals surface area contributed by atoms with Gasteiger partial charge < -0.3 is 9.64 Å². The Morgan fingerprint density at radius 1 is 1.31 bits per heavy atom. The predicted octanol–water partition coefficient (Wildman–Crippen LogP) is 0.489. The lowest BCUT2D eigenvalue weighted by atomic mass is 10.4. The summed E-state index contributed by atoms with van der Waals surface area (Å²) in [6.45, 7) is 7.15. The van der Waals surface area contributed by atoms with Crippen molar-refractivity contribution in [3.05, 3.63) is 0 Å².